The second-order valence-corrected chi connectivity index (χ2v) is 6.58. The summed E-state index contributed by atoms with van der Waals surface area (Å²) in [5, 5.41) is 5.55. The first kappa shape index (κ1) is 20.9. The van der Waals surface area contributed by atoms with E-state index in [1.807, 2.05) is 0 Å². The highest BCUT2D eigenvalue weighted by molar-refractivity contribution is 6.35. The van der Waals surface area contributed by atoms with E-state index in [1.54, 1.807) is 32.9 Å². The predicted molar refractivity (Wildman–Crippen MR) is 95.7 cm³/mol. The standard InChI is InChI=1S/C17H25ClN2O5/c1-17(2,3)25-16(22)20-10-6-9-19-15(21)11-7-8-12(23-4)14(24-5)13(11)18/h7-8H,6,9-10H2,1-5H3,(H,19,21)(H,20,22). The molecule has 0 aromatic heterocycles. The number of ether oxygens (including phenoxy) is 3. The van der Waals surface area contributed by atoms with Crippen LogP contribution in [0.1, 0.15) is 37.6 Å². The second kappa shape index (κ2) is 9.36. The van der Waals surface area contributed by atoms with Crippen LogP contribution in [0.3, 0.4) is 0 Å². The number of hydrogen-bond acceptors (Lipinski definition) is 5. The van der Waals surface area contributed by atoms with Gasteiger partial charge in [-0.25, -0.2) is 4.79 Å². The van der Waals surface area contributed by atoms with Crippen molar-refractivity contribution in [3.05, 3.63) is 22.7 Å². The summed E-state index contributed by atoms with van der Waals surface area (Å²) in [6.07, 6.45) is 0.0670. The van der Waals surface area contributed by atoms with Crippen LogP contribution in [0.25, 0.3) is 0 Å². The fourth-order valence-corrected chi connectivity index (χ4v) is 2.27. The molecule has 0 fully saturated rings. The maximum Gasteiger partial charge on any atom is 0.407 e. The van der Waals surface area contributed by atoms with E-state index in [-0.39, 0.29) is 10.9 Å². The van der Waals surface area contributed by atoms with Crippen LogP contribution in [0.15, 0.2) is 12.1 Å². The fraction of sp³-hybridized carbons (Fsp3) is 0.529. The Balaban J connectivity index is 2.47. The molecule has 1 aromatic rings. The van der Waals surface area contributed by atoms with E-state index in [9.17, 15) is 9.59 Å². The van der Waals surface area contributed by atoms with Crippen LogP contribution in [-0.4, -0.2) is 44.9 Å². The lowest BCUT2D eigenvalue weighted by Crippen LogP contribution is -2.34. The van der Waals surface area contributed by atoms with Gasteiger partial charge in [0.05, 0.1) is 24.8 Å². The topological polar surface area (TPSA) is 85.9 Å². The van der Waals surface area contributed by atoms with Crippen molar-refractivity contribution in [1.29, 1.82) is 0 Å². The van der Waals surface area contributed by atoms with E-state index in [1.165, 1.54) is 14.2 Å². The van der Waals surface area contributed by atoms with Gasteiger partial charge in [-0.3, -0.25) is 4.79 Å². The Bertz CT molecular complexity index is 614. The maximum atomic E-state index is 12.2. The zero-order chi connectivity index (χ0) is 19.0. The molecule has 2 N–H and O–H groups in total. The molecule has 0 aliphatic carbocycles. The van der Waals surface area contributed by atoms with Crippen LogP contribution < -0.4 is 20.1 Å². The van der Waals surface area contributed by atoms with Gasteiger partial charge in [-0.15, -0.1) is 0 Å². The van der Waals surface area contributed by atoms with Crippen molar-refractivity contribution in [2.75, 3.05) is 27.3 Å². The minimum atomic E-state index is -0.539. The molecule has 7 nitrogen and oxygen atoms in total. The molecule has 0 heterocycles. The van der Waals surface area contributed by atoms with Crippen molar-refractivity contribution in [2.24, 2.45) is 0 Å². The Morgan fingerprint density at radius 3 is 2.28 bits per heavy atom. The van der Waals surface area contributed by atoms with Crippen LogP contribution >= 0.6 is 11.6 Å². The van der Waals surface area contributed by atoms with Gasteiger partial charge in [-0.05, 0) is 39.3 Å². The number of amides is 2. The maximum absolute atomic E-state index is 12.2. The Morgan fingerprint density at radius 1 is 1.08 bits per heavy atom. The predicted octanol–water partition coefficient (Wildman–Crippen LogP) is 3.00. The largest absolute Gasteiger partial charge is 0.493 e. The van der Waals surface area contributed by atoms with E-state index in [0.29, 0.717) is 36.6 Å². The van der Waals surface area contributed by atoms with Crippen LogP contribution in [-0.2, 0) is 4.74 Å². The highest BCUT2D eigenvalue weighted by atomic mass is 35.5. The molecule has 25 heavy (non-hydrogen) atoms. The highest BCUT2D eigenvalue weighted by Gasteiger charge is 2.18. The number of benzene rings is 1. The van der Waals surface area contributed by atoms with E-state index in [0.717, 1.165) is 0 Å². The van der Waals surface area contributed by atoms with Crippen LogP contribution in [0.4, 0.5) is 4.79 Å². The Kier molecular flexibility index (Phi) is 7.83. The number of alkyl carbamates (subject to hydrolysis) is 1. The number of nitrogens with one attached hydrogen (secondary N) is 2. The van der Waals surface area contributed by atoms with Crippen LogP contribution in [0.2, 0.25) is 5.02 Å². The fourth-order valence-electron chi connectivity index (χ4n) is 1.95. The molecule has 0 spiro atoms. The first-order valence-electron chi connectivity index (χ1n) is 7.85. The van der Waals surface area contributed by atoms with E-state index in [2.05, 4.69) is 10.6 Å². The smallest absolute Gasteiger partial charge is 0.407 e. The van der Waals surface area contributed by atoms with Gasteiger partial charge < -0.3 is 24.8 Å². The molecule has 0 saturated carbocycles. The molecule has 0 bridgehead atoms. The summed E-state index contributed by atoms with van der Waals surface area (Å²) in [6, 6.07) is 3.18. The average Bonchev–Trinajstić information content (AvgIpc) is 2.52. The normalized spacial score (nSPS) is 10.8. The molecule has 140 valence electrons. The lowest BCUT2D eigenvalue weighted by Gasteiger charge is -2.19. The van der Waals surface area contributed by atoms with Gasteiger partial charge >= 0.3 is 6.09 Å². The van der Waals surface area contributed by atoms with Gasteiger partial charge in [0.25, 0.3) is 5.91 Å². The number of carbonyl (C=O) groups excluding carboxylic acids is 2. The molecule has 1 rings (SSSR count). The van der Waals surface area contributed by atoms with E-state index < -0.39 is 11.7 Å². The monoisotopic (exact) mass is 372 g/mol. The number of halogens is 1. The third-order valence-electron chi connectivity index (χ3n) is 3.04. The Morgan fingerprint density at radius 2 is 1.72 bits per heavy atom. The minimum absolute atomic E-state index is 0.186. The molecular weight excluding hydrogens is 348 g/mol. The third kappa shape index (κ3) is 6.70. The van der Waals surface area contributed by atoms with Crippen molar-refractivity contribution in [1.82, 2.24) is 10.6 Å². The van der Waals surface area contributed by atoms with Crippen molar-refractivity contribution < 1.29 is 23.8 Å². The Labute approximate surface area is 153 Å². The summed E-state index contributed by atoms with van der Waals surface area (Å²) in [7, 11) is 2.94. The molecule has 0 radical (unpaired) electrons. The molecule has 0 atom stereocenters. The molecule has 0 aliphatic heterocycles. The van der Waals surface area contributed by atoms with Gasteiger partial charge in [-0.1, -0.05) is 11.6 Å². The molecule has 8 heteroatoms. The third-order valence-corrected chi connectivity index (χ3v) is 3.41. The summed E-state index contributed by atoms with van der Waals surface area (Å²) >= 11 is 6.19. The van der Waals surface area contributed by atoms with Crippen LogP contribution in [0, 0.1) is 0 Å². The van der Waals surface area contributed by atoms with Gasteiger partial charge in [-0.2, -0.15) is 0 Å². The minimum Gasteiger partial charge on any atom is -0.493 e. The molecule has 0 unspecified atom stereocenters. The molecule has 0 saturated heterocycles. The van der Waals surface area contributed by atoms with Crippen LogP contribution in [0.5, 0.6) is 11.5 Å². The zero-order valence-corrected chi connectivity index (χ0v) is 16.0. The number of carbonyl (C=O) groups is 2. The second-order valence-electron chi connectivity index (χ2n) is 6.20. The van der Waals surface area contributed by atoms with Crippen molar-refractivity contribution in [3.63, 3.8) is 0 Å². The van der Waals surface area contributed by atoms with E-state index >= 15 is 0 Å². The quantitative estimate of drug-likeness (QED) is 0.718. The highest BCUT2D eigenvalue weighted by Crippen LogP contribution is 2.37. The average molecular weight is 373 g/mol. The lowest BCUT2D eigenvalue weighted by atomic mass is 10.2. The van der Waals surface area contributed by atoms with Gasteiger partial charge in [0.1, 0.15) is 5.60 Å². The molecule has 0 aliphatic rings. The zero-order valence-electron chi connectivity index (χ0n) is 15.2. The van der Waals surface area contributed by atoms with Crippen molar-refractivity contribution >= 4 is 23.6 Å². The van der Waals surface area contributed by atoms with E-state index in [4.69, 9.17) is 25.8 Å². The summed E-state index contributed by atoms with van der Waals surface area (Å²) < 4.78 is 15.4. The van der Waals surface area contributed by atoms with Gasteiger partial charge in [0, 0.05) is 13.1 Å². The first-order chi connectivity index (χ1) is 11.7. The van der Waals surface area contributed by atoms with Gasteiger partial charge in [0.2, 0.25) is 0 Å². The summed E-state index contributed by atoms with van der Waals surface area (Å²) in [5.74, 6) is 0.428. The molecule has 1 aromatic carbocycles. The molecular formula is C17H25ClN2O5. The SMILES string of the molecule is COc1ccc(C(=O)NCCCNC(=O)OC(C)(C)C)c(Cl)c1OC. The number of rotatable bonds is 7. The first-order valence-corrected chi connectivity index (χ1v) is 8.23. The van der Waals surface area contributed by atoms with Gasteiger partial charge in [0.15, 0.2) is 11.5 Å². The molecule has 2 amide bonds. The summed E-state index contributed by atoms with van der Waals surface area (Å²) in [5.41, 5.74) is -0.248. The number of hydrogen-bond donors (Lipinski definition) is 2. The number of methoxy groups -OCH3 is 2. The summed E-state index contributed by atoms with van der Waals surface area (Å²) in [6.45, 7) is 6.13. The summed E-state index contributed by atoms with van der Waals surface area (Å²) in [4.78, 5) is 23.7. The lowest BCUT2D eigenvalue weighted by molar-refractivity contribution is 0.0527. The Hall–Kier alpha value is -2.15. The van der Waals surface area contributed by atoms with Crippen molar-refractivity contribution in [3.8, 4) is 11.5 Å². The van der Waals surface area contributed by atoms with Crippen molar-refractivity contribution in [2.45, 2.75) is 32.8 Å².